The molecule has 2 aliphatic heterocycles. The smallest absolute Gasteiger partial charge is 0.237 e. The molecule has 0 aromatic rings. The Hall–Kier alpha value is -1.10. The number of hydrogen-bond acceptors (Lipinski definition) is 3. The molecular formula is C10H17N3O2. The third kappa shape index (κ3) is 2.68. The average Bonchev–Trinajstić information content (AvgIpc) is 2.74. The van der Waals surface area contributed by atoms with E-state index >= 15 is 0 Å². The lowest BCUT2D eigenvalue weighted by Crippen LogP contribution is -2.51. The number of hydrogen-bond donors (Lipinski definition) is 3. The summed E-state index contributed by atoms with van der Waals surface area (Å²) in [6, 6.07) is 0.0835. The fourth-order valence-corrected chi connectivity index (χ4v) is 2.07. The Labute approximate surface area is 89.0 Å². The highest BCUT2D eigenvalue weighted by molar-refractivity contribution is 5.83. The number of nitrogens with one attached hydrogen (secondary N) is 3. The molecule has 0 aliphatic carbocycles. The predicted molar refractivity (Wildman–Crippen MR) is 55.2 cm³/mol. The quantitative estimate of drug-likeness (QED) is 0.556. The minimum absolute atomic E-state index is 0.0253. The molecule has 0 saturated carbocycles. The van der Waals surface area contributed by atoms with Crippen molar-refractivity contribution in [2.75, 3.05) is 13.1 Å². The van der Waals surface area contributed by atoms with Crippen LogP contribution in [0.2, 0.25) is 0 Å². The van der Waals surface area contributed by atoms with E-state index in [1.165, 1.54) is 0 Å². The first-order valence-electron chi connectivity index (χ1n) is 5.56. The number of carbonyl (C=O) groups is 2. The van der Waals surface area contributed by atoms with Gasteiger partial charge in [-0.25, -0.2) is 0 Å². The van der Waals surface area contributed by atoms with Crippen molar-refractivity contribution in [2.24, 2.45) is 0 Å². The molecule has 5 nitrogen and oxygen atoms in total. The maximum absolute atomic E-state index is 11.7. The Morgan fingerprint density at radius 2 is 2.27 bits per heavy atom. The van der Waals surface area contributed by atoms with Gasteiger partial charge in [-0.15, -0.1) is 0 Å². The first-order valence-corrected chi connectivity index (χ1v) is 5.56. The summed E-state index contributed by atoms with van der Waals surface area (Å²) in [4.78, 5) is 22.6. The molecular weight excluding hydrogens is 194 g/mol. The third-order valence-electron chi connectivity index (χ3n) is 2.99. The van der Waals surface area contributed by atoms with Gasteiger partial charge in [0.05, 0.1) is 6.04 Å². The molecule has 2 heterocycles. The molecule has 2 aliphatic rings. The Morgan fingerprint density at radius 3 is 2.87 bits per heavy atom. The van der Waals surface area contributed by atoms with Gasteiger partial charge in [0.1, 0.15) is 0 Å². The molecule has 2 atom stereocenters. The lowest BCUT2D eigenvalue weighted by molar-refractivity contribution is -0.126. The highest BCUT2D eigenvalue weighted by atomic mass is 16.2. The largest absolute Gasteiger partial charge is 0.354 e. The molecule has 1 unspecified atom stereocenters. The zero-order valence-electron chi connectivity index (χ0n) is 8.71. The molecule has 2 rings (SSSR count). The van der Waals surface area contributed by atoms with E-state index in [9.17, 15) is 9.59 Å². The molecule has 84 valence electrons. The van der Waals surface area contributed by atoms with Gasteiger partial charge >= 0.3 is 0 Å². The fourth-order valence-electron chi connectivity index (χ4n) is 2.07. The fraction of sp³-hybridized carbons (Fsp3) is 0.800. The molecule has 2 amide bonds. The van der Waals surface area contributed by atoms with Crippen LogP contribution in [0.1, 0.15) is 25.7 Å². The Kier molecular flexibility index (Phi) is 3.20. The Bertz CT molecular complexity index is 251. The summed E-state index contributed by atoms with van der Waals surface area (Å²) in [7, 11) is 0. The molecule has 0 aromatic heterocycles. The molecule has 15 heavy (non-hydrogen) atoms. The van der Waals surface area contributed by atoms with Crippen molar-refractivity contribution in [1.82, 2.24) is 16.0 Å². The van der Waals surface area contributed by atoms with Gasteiger partial charge in [-0.3, -0.25) is 9.59 Å². The Balaban J connectivity index is 1.76. The van der Waals surface area contributed by atoms with Crippen molar-refractivity contribution in [1.29, 1.82) is 0 Å². The van der Waals surface area contributed by atoms with Gasteiger partial charge in [0.25, 0.3) is 0 Å². The van der Waals surface area contributed by atoms with Gasteiger partial charge in [-0.1, -0.05) is 0 Å². The summed E-state index contributed by atoms with van der Waals surface area (Å²) in [5, 5.41) is 8.87. The topological polar surface area (TPSA) is 70.2 Å². The van der Waals surface area contributed by atoms with E-state index < -0.39 is 0 Å². The molecule has 5 heteroatoms. The van der Waals surface area contributed by atoms with Gasteiger partial charge in [0.2, 0.25) is 11.8 Å². The first kappa shape index (κ1) is 10.4. The zero-order chi connectivity index (χ0) is 10.7. The maximum Gasteiger partial charge on any atom is 0.237 e. The zero-order valence-corrected chi connectivity index (χ0v) is 8.71. The summed E-state index contributed by atoms with van der Waals surface area (Å²) < 4.78 is 0. The third-order valence-corrected chi connectivity index (χ3v) is 2.99. The van der Waals surface area contributed by atoms with Gasteiger partial charge in [0, 0.05) is 19.0 Å². The van der Waals surface area contributed by atoms with Crippen LogP contribution >= 0.6 is 0 Å². The lowest BCUT2D eigenvalue weighted by atomic mass is 10.1. The van der Waals surface area contributed by atoms with Crippen LogP contribution in [-0.4, -0.2) is 37.0 Å². The number of rotatable bonds is 2. The molecule has 0 aromatic carbocycles. The SMILES string of the molecule is O=C1CCC(NC(=O)[C@@H]2CCCN2)CN1. The minimum Gasteiger partial charge on any atom is -0.354 e. The lowest BCUT2D eigenvalue weighted by Gasteiger charge is -2.24. The molecule has 2 fully saturated rings. The number of amides is 2. The second-order valence-corrected chi connectivity index (χ2v) is 4.20. The number of carbonyl (C=O) groups excluding carboxylic acids is 2. The van der Waals surface area contributed by atoms with E-state index in [0.717, 1.165) is 25.8 Å². The van der Waals surface area contributed by atoms with Gasteiger partial charge in [-0.2, -0.15) is 0 Å². The van der Waals surface area contributed by atoms with Gasteiger partial charge in [-0.05, 0) is 25.8 Å². The van der Waals surface area contributed by atoms with Gasteiger partial charge in [0.15, 0.2) is 0 Å². The van der Waals surface area contributed by atoms with Crippen molar-refractivity contribution in [2.45, 2.75) is 37.8 Å². The van der Waals surface area contributed by atoms with Crippen LogP contribution in [0.25, 0.3) is 0 Å². The van der Waals surface area contributed by atoms with E-state index in [1.807, 2.05) is 0 Å². The van der Waals surface area contributed by atoms with E-state index in [1.54, 1.807) is 0 Å². The first-order chi connectivity index (χ1) is 7.25. The van der Waals surface area contributed by atoms with Crippen molar-refractivity contribution in [3.05, 3.63) is 0 Å². The second-order valence-electron chi connectivity index (χ2n) is 4.20. The van der Waals surface area contributed by atoms with Crippen LogP contribution < -0.4 is 16.0 Å². The van der Waals surface area contributed by atoms with Crippen molar-refractivity contribution in [3.63, 3.8) is 0 Å². The molecule has 3 N–H and O–H groups in total. The van der Waals surface area contributed by atoms with E-state index in [0.29, 0.717) is 13.0 Å². The normalized spacial score (nSPS) is 31.1. The van der Waals surface area contributed by atoms with Crippen LogP contribution in [0, 0.1) is 0 Å². The van der Waals surface area contributed by atoms with Gasteiger partial charge < -0.3 is 16.0 Å². The van der Waals surface area contributed by atoms with Crippen LogP contribution in [0.15, 0.2) is 0 Å². The van der Waals surface area contributed by atoms with Crippen LogP contribution in [0.3, 0.4) is 0 Å². The summed E-state index contributed by atoms with van der Waals surface area (Å²) in [5.41, 5.74) is 0. The summed E-state index contributed by atoms with van der Waals surface area (Å²) >= 11 is 0. The molecule has 2 saturated heterocycles. The minimum atomic E-state index is -0.0253. The molecule has 0 bridgehead atoms. The highest BCUT2D eigenvalue weighted by Gasteiger charge is 2.25. The predicted octanol–water partition coefficient (Wildman–Crippen LogP) is -0.867. The van der Waals surface area contributed by atoms with E-state index in [4.69, 9.17) is 0 Å². The number of piperidine rings is 1. The average molecular weight is 211 g/mol. The summed E-state index contributed by atoms with van der Waals surface area (Å²) in [6.07, 6.45) is 3.26. The molecule has 0 spiro atoms. The molecule has 0 radical (unpaired) electrons. The van der Waals surface area contributed by atoms with Crippen molar-refractivity contribution in [3.8, 4) is 0 Å². The van der Waals surface area contributed by atoms with Crippen LogP contribution in [-0.2, 0) is 9.59 Å². The standard InChI is InChI=1S/C10H17N3O2/c14-9-4-3-7(6-12-9)13-10(15)8-2-1-5-11-8/h7-8,11H,1-6H2,(H,12,14)(H,13,15)/t7?,8-/m0/s1. The van der Waals surface area contributed by atoms with Crippen molar-refractivity contribution < 1.29 is 9.59 Å². The van der Waals surface area contributed by atoms with E-state index in [2.05, 4.69) is 16.0 Å². The van der Waals surface area contributed by atoms with E-state index in [-0.39, 0.29) is 23.9 Å². The summed E-state index contributed by atoms with van der Waals surface area (Å²) in [6.45, 7) is 1.50. The van der Waals surface area contributed by atoms with Crippen LogP contribution in [0.4, 0.5) is 0 Å². The Morgan fingerprint density at radius 1 is 1.40 bits per heavy atom. The monoisotopic (exact) mass is 211 g/mol. The maximum atomic E-state index is 11.7. The highest BCUT2D eigenvalue weighted by Crippen LogP contribution is 2.07. The van der Waals surface area contributed by atoms with Crippen molar-refractivity contribution >= 4 is 11.8 Å². The summed E-state index contributed by atoms with van der Waals surface area (Å²) in [5.74, 6) is 0.160. The van der Waals surface area contributed by atoms with Crippen LogP contribution in [0.5, 0.6) is 0 Å². The second kappa shape index (κ2) is 4.61.